The highest BCUT2D eigenvalue weighted by Crippen LogP contribution is 2.26. The minimum absolute atomic E-state index is 0.592. The standard InChI is InChI=1S/C15H30N2O/c1-12(2)13-5-4-8-17(9-6-13)15-11-18-10-7-14(15)16-3/h12-16H,4-11H2,1-3H3. The van der Waals surface area contributed by atoms with Gasteiger partial charge in [-0.1, -0.05) is 13.8 Å². The van der Waals surface area contributed by atoms with Gasteiger partial charge in [-0.15, -0.1) is 0 Å². The largest absolute Gasteiger partial charge is 0.380 e. The van der Waals surface area contributed by atoms with Gasteiger partial charge in [0.05, 0.1) is 6.61 Å². The molecule has 3 unspecified atom stereocenters. The first-order valence-corrected chi connectivity index (χ1v) is 7.71. The summed E-state index contributed by atoms with van der Waals surface area (Å²) in [5.74, 6) is 1.76. The first kappa shape index (κ1) is 14.3. The number of rotatable bonds is 3. The van der Waals surface area contributed by atoms with Crippen molar-refractivity contribution >= 4 is 0 Å². The van der Waals surface area contributed by atoms with Gasteiger partial charge >= 0.3 is 0 Å². The van der Waals surface area contributed by atoms with Crippen LogP contribution in [0, 0.1) is 11.8 Å². The highest BCUT2D eigenvalue weighted by atomic mass is 16.5. The molecule has 0 saturated carbocycles. The molecule has 0 radical (unpaired) electrons. The Bertz CT molecular complexity index is 245. The van der Waals surface area contributed by atoms with E-state index in [1.165, 1.54) is 32.4 Å². The van der Waals surface area contributed by atoms with Crippen LogP contribution < -0.4 is 5.32 Å². The molecule has 0 aromatic rings. The predicted molar refractivity (Wildman–Crippen MR) is 75.8 cm³/mol. The maximum Gasteiger partial charge on any atom is 0.0637 e. The SMILES string of the molecule is CNC1CCOCC1N1CCCC(C(C)C)CC1. The lowest BCUT2D eigenvalue weighted by Crippen LogP contribution is -2.54. The second-order valence-corrected chi connectivity index (χ2v) is 6.30. The van der Waals surface area contributed by atoms with Gasteiger partial charge in [0.25, 0.3) is 0 Å². The zero-order valence-corrected chi connectivity index (χ0v) is 12.3. The van der Waals surface area contributed by atoms with Gasteiger partial charge < -0.3 is 10.1 Å². The third-order valence-electron chi connectivity index (χ3n) is 4.92. The van der Waals surface area contributed by atoms with E-state index in [4.69, 9.17) is 4.74 Å². The monoisotopic (exact) mass is 254 g/mol. The molecule has 3 heteroatoms. The fourth-order valence-corrected chi connectivity index (χ4v) is 3.56. The maximum atomic E-state index is 5.70. The Morgan fingerprint density at radius 3 is 2.72 bits per heavy atom. The smallest absolute Gasteiger partial charge is 0.0637 e. The van der Waals surface area contributed by atoms with Crippen LogP contribution in [0.25, 0.3) is 0 Å². The summed E-state index contributed by atoms with van der Waals surface area (Å²) in [7, 11) is 2.09. The quantitative estimate of drug-likeness (QED) is 0.835. The second-order valence-electron chi connectivity index (χ2n) is 6.30. The van der Waals surface area contributed by atoms with Crippen LogP contribution in [-0.2, 0) is 4.74 Å². The molecular formula is C15H30N2O. The Hall–Kier alpha value is -0.120. The number of nitrogens with one attached hydrogen (secondary N) is 1. The lowest BCUT2D eigenvalue weighted by atomic mass is 9.89. The topological polar surface area (TPSA) is 24.5 Å². The minimum atomic E-state index is 0.592. The van der Waals surface area contributed by atoms with Gasteiger partial charge in [-0.25, -0.2) is 0 Å². The summed E-state index contributed by atoms with van der Waals surface area (Å²) in [6.07, 6.45) is 5.29. The average Bonchev–Trinajstić information content (AvgIpc) is 2.64. The molecule has 18 heavy (non-hydrogen) atoms. The van der Waals surface area contributed by atoms with Crippen molar-refractivity contribution in [1.29, 1.82) is 0 Å². The van der Waals surface area contributed by atoms with E-state index in [0.29, 0.717) is 12.1 Å². The van der Waals surface area contributed by atoms with Crippen molar-refractivity contribution in [2.24, 2.45) is 11.8 Å². The molecule has 2 aliphatic heterocycles. The second kappa shape index (κ2) is 6.88. The average molecular weight is 254 g/mol. The van der Waals surface area contributed by atoms with E-state index in [2.05, 4.69) is 31.1 Å². The van der Waals surface area contributed by atoms with Crippen LogP contribution in [0.1, 0.15) is 39.5 Å². The summed E-state index contributed by atoms with van der Waals surface area (Å²) in [6.45, 7) is 9.10. The molecule has 0 spiro atoms. The van der Waals surface area contributed by atoms with Crippen LogP contribution in [-0.4, -0.2) is 50.3 Å². The van der Waals surface area contributed by atoms with E-state index < -0.39 is 0 Å². The van der Waals surface area contributed by atoms with Crippen molar-refractivity contribution < 1.29 is 4.74 Å². The van der Waals surface area contributed by atoms with Crippen LogP contribution in [0.15, 0.2) is 0 Å². The van der Waals surface area contributed by atoms with Crippen molar-refractivity contribution in [2.45, 2.75) is 51.6 Å². The van der Waals surface area contributed by atoms with E-state index in [-0.39, 0.29) is 0 Å². The highest BCUT2D eigenvalue weighted by molar-refractivity contribution is 4.88. The first-order chi connectivity index (χ1) is 8.72. The third kappa shape index (κ3) is 3.46. The zero-order valence-electron chi connectivity index (χ0n) is 12.3. The number of likely N-dealkylation sites (N-methyl/N-ethyl adjacent to an activating group) is 1. The lowest BCUT2D eigenvalue weighted by Gasteiger charge is -2.39. The summed E-state index contributed by atoms with van der Waals surface area (Å²) in [4.78, 5) is 2.68. The van der Waals surface area contributed by atoms with Crippen LogP contribution >= 0.6 is 0 Å². The molecule has 2 saturated heterocycles. The molecule has 0 aliphatic carbocycles. The molecule has 0 aromatic carbocycles. The molecule has 0 bridgehead atoms. The van der Waals surface area contributed by atoms with Crippen molar-refractivity contribution in [2.75, 3.05) is 33.4 Å². The molecule has 2 fully saturated rings. The number of hydrogen-bond donors (Lipinski definition) is 1. The normalized spacial score (nSPS) is 35.7. The molecular weight excluding hydrogens is 224 g/mol. The van der Waals surface area contributed by atoms with Crippen LogP contribution in [0.2, 0.25) is 0 Å². The number of ether oxygens (including phenoxy) is 1. The van der Waals surface area contributed by atoms with Crippen molar-refractivity contribution in [3.63, 3.8) is 0 Å². The van der Waals surface area contributed by atoms with E-state index in [0.717, 1.165) is 31.5 Å². The molecule has 2 aliphatic rings. The van der Waals surface area contributed by atoms with Crippen molar-refractivity contribution in [3.8, 4) is 0 Å². The Morgan fingerprint density at radius 2 is 2.00 bits per heavy atom. The first-order valence-electron chi connectivity index (χ1n) is 7.71. The van der Waals surface area contributed by atoms with Crippen LogP contribution in [0.3, 0.4) is 0 Å². The summed E-state index contributed by atoms with van der Waals surface area (Å²) in [5, 5.41) is 3.48. The number of nitrogens with zero attached hydrogens (tertiary/aromatic N) is 1. The summed E-state index contributed by atoms with van der Waals surface area (Å²) in [6, 6.07) is 1.21. The van der Waals surface area contributed by atoms with Gasteiger partial charge in [-0.3, -0.25) is 4.90 Å². The molecule has 0 amide bonds. The van der Waals surface area contributed by atoms with E-state index in [1.807, 2.05) is 0 Å². The molecule has 2 heterocycles. The van der Waals surface area contributed by atoms with Gasteiger partial charge in [-0.05, 0) is 57.7 Å². The van der Waals surface area contributed by atoms with Crippen LogP contribution in [0.4, 0.5) is 0 Å². The minimum Gasteiger partial charge on any atom is -0.380 e. The molecule has 3 nitrogen and oxygen atoms in total. The number of hydrogen-bond acceptors (Lipinski definition) is 3. The van der Waals surface area contributed by atoms with Gasteiger partial charge in [0.2, 0.25) is 0 Å². The maximum absolute atomic E-state index is 5.70. The third-order valence-corrected chi connectivity index (χ3v) is 4.92. The van der Waals surface area contributed by atoms with Gasteiger partial charge in [0.15, 0.2) is 0 Å². The molecule has 1 N–H and O–H groups in total. The predicted octanol–water partition coefficient (Wildman–Crippen LogP) is 2.12. The molecule has 0 aromatic heterocycles. The summed E-state index contributed by atoms with van der Waals surface area (Å²) in [5.41, 5.74) is 0. The van der Waals surface area contributed by atoms with Crippen LogP contribution in [0.5, 0.6) is 0 Å². The van der Waals surface area contributed by atoms with Gasteiger partial charge in [-0.2, -0.15) is 0 Å². The fraction of sp³-hybridized carbons (Fsp3) is 1.00. The van der Waals surface area contributed by atoms with Crippen molar-refractivity contribution in [1.82, 2.24) is 10.2 Å². The van der Waals surface area contributed by atoms with E-state index in [9.17, 15) is 0 Å². The van der Waals surface area contributed by atoms with Crippen molar-refractivity contribution in [3.05, 3.63) is 0 Å². The number of likely N-dealkylation sites (tertiary alicyclic amines) is 1. The van der Waals surface area contributed by atoms with Gasteiger partial charge in [0.1, 0.15) is 0 Å². The Kier molecular flexibility index (Phi) is 5.46. The zero-order chi connectivity index (χ0) is 13.0. The molecule has 2 rings (SSSR count). The summed E-state index contributed by atoms with van der Waals surface area (Å²) >= 11 is 0. The summed E-state index contributed by atoms with van der Waals surface area (Å²) < 4.78 is 5.70. The Morgan fingerprint density at radius 1 is 1.17 bits per heavy atom. The lowest BCUT2D eigenvalue weighted by molar-refractivity contribution is -0.000810. The highest BCUT2D eigenvalue weighted by Gasteiger charge is 2.31. The van der Waals surface area contributed by atoms with E-state index in [1.54, 1.807) is 0 Å². The Balaban J connectivity index is 1.91. The fourth-order valence-electron chi connectivity index (χ4n) is 3.56. The van der Waals surface area contributed by atoms with E-state index >= 15 is 0 Å². The molecule has 106 valence electrons. The van der Waals surface area contributed by atoms with Gasteiger partial charge in [0, 0.05) is 18.7 Å². The molecule has 3 atom stereocenters. The Labute approximate surface area is 112 Å².